The molecule has 116 valence electrons. The van der Waals surface area contributed by atoms with Crippen molar-refractivity contribution in [1.29, 1.82) is 0 Å². The minimum Gasteiger partial charge on any atom is -0.409 e. The van der Waals surface area contributed by atoms with Crippen LogP contribution >= 0.6 is 0 Å². The van der Waals surface area contributed by atoms with Gasteiger partial charge in [-0.2, -0.15) is 13.2 Å². The predicted octanol–water partition coefficient (Wildman–Crippen LogP) is 2.71. The van der Waals surface area contributed by atoms with Crippen LogP contribution in [0.5, 0.6) is 0 Å². The first kappa shape index (κ1) is 15.6. The standard InChI is InChI=1S/C14H18F3N3O/c15-14(16,17)11-4-2-1-3-10(11)8-19-9-13(5-6-13)7-12(18)20-21/h1-4,19,21H,5-9H2,(H2,18,20). The molecule has 0 amide bonds. The Morgan fingerprint density at radius 1 is 1.33 bits per heavy atom. The van der Waals surface area contributed by atoms with Crippen molar-refractivity contribution in [2.45, 2.75) is 32.0 Å². The third-order valence-corrected chi connectivity index (χ3v) is 3.78. The number of oxime groups is 1. The van der Waals surface area contributed by atoms with E-state index in [0.717, 1.165) is 18.9 Å². The fourth-order valence-electron chi connectivity index (χ4n) is 2.43. The first-order valence-electron chi connectivity index (χ1n) is 6.69. The van der Waals surface area contributed by atoms with E-state index < -0.39 is 11.7 Å². The fraction of sp³-hybridized carbons (Fsp3) is 0.500. The van der Waals surface area contributed by atoms with Crippen molar-refractivity contribution >= 4 is 5.84 Å². The van der Waals surface area contributed by atoms with Gasteiger partial charge in [0.1, 0.15) is 5.84 Å². The van der Waals surface area contributed by atoms with E-state index in [0.29, 0.717) is 13.0 Å². The molecule has 0 spiro atoms. The maximum atomic E-state index is 12.9. The molecule has 4 nitrogen and oxygen atoms in total. The summed E-state index contributed by atoms with van der Waals surface area (Å²) in [4.78, 5) is 0. The lowest BCUT2D eigenvalue weighted by Gasteiger charge is -2.17. The fourth-order valence-corrected chi connectivity index (χ4v) is 2.43. The van der Waals surface area contributed by atoms with Gasteiger partial charge in [0.15, 0.2) is 0 Å². The molecule has 4 N–H and O–H groups in total. The molecule has 1 aliphatic rings. The maximum absolute atomic E-state index is 12.9. The molecule has 2 rings (SSSR count). The molecule has 0 atom stereocenters. The van der Waals surface area contributed by atoms with Crippen LogP contribution in [0.4, 0.5) is 13.2 Å². The summed E-state index contributed by atoms with van der Waals surface area (Å²) in [6.45, 7) is 0.697. The molecule has 0 aromatic heterocycles. The third kappa shape index (κ3) is 4.10. The zero-order chi connectivity index (χ0) is 15.5. The Bertz CT molecular complexity index is 524. The second-order valence-corrected chi connectivity index (χ2v) is 5.53. The van der Waals surface area contributed by atoms with Crippen LogP contribution < -0.4 is 11.1 Å². The SMILES string of the molecule is NC(CC1(CNCc2ccccc2C(F)(F)F)CC1)=NO. The zero-order valence-corrected chi connectivity index (χ0v) is 11.5. The summed E-state index contributed by atoms with van der Waals surface area (Å²) in [5, 5.41) is 14.6. The second-order valence-electron chi connectivity index (χ2n) is 5.53. The normalized spacial score (nSPS) is 17.8. The number of amidine groups is 1. The van der Waals surface area contributed by atoms with Crippen LogP contribution in [0.3, 0.4) is 0 Å². The van der Waals surface area contributed by atoms with E-state index in [1.165, 1.54) is 12.1 Å². The van der Waals surface area contributed by atoms with Crippen LogP contribution in [0.25, 0.3) is 0 Å². The molecule has 1 saturated carbocycles. The van der Waals surface area contributed by atoms with Crippen LogP contribution in [0.15, 0.2) is 29.4 Å². The quantitative estimate of drug-likeness (QED) is 0.327. The van der Waals surface area contributed by atoms with E-state index in [1.54, 1.807) is 6.07 Å². The van der Waals surface area contributed by atoms with E-state index >= 15 is 0 Å². The monoisotopic (exact) mass is 301 g/mol. The Morgan fingerprint density at radius 3 is 2.57 bits per heavy atom. The molecule has 1 fully saturated rings. The van der Waals surface area contributed by atoms with Crippen LogP contribution in [-0.4, -0.2) is 17.6 Å². The molecule has 21 heavy (non-hydrogen) atoms. The molecule has 1 aromatic rings. The topological polar surface area (TPSA) is 70.6 Å². The molecule has 1 aromatic carbocycles. The molecular weight excluding hydrogens is 283 g/mol. The van der Waals surface area contributed by atoms with E-state index in [9.17, 15) is 13.2 Å². The zero-order valence-electron chi connectivity index (χ0n) is 11.5. The molecule has 0 saturated heterocycles. The Balaban J connectivity index is 1.93. The summed E-state index contributed by atoms with van der Waals surface area (Å²) in [6, 6.07) is 5.53. The van der Waals surface area contributed by atoms with Gasteiger partial charge in [-0.05, 0) is 29.9 Å². The highest BCUT2D eigenvalue weighted by Gasteiger charge is 2.43. The smallest absolute Gasteiger partial charge is 0.409 e. The van der Waals surface area contributed by atoms with Crippen LogP contribution in [0, 0.1) is 5.41 Å². The first-order chi connectivity index (χ1) is 9.86. The number of nitrogens with two attached hydrogens (primary N) is 1. The molecular formula is C14H18F3N3O. The average Bonchev–Trinajstić information content (AvgIpc) is 3.18. The van der Waals surface area contributed by atoms with Gasteiger partial charge in [0, 0.05) is 19.5 Å². The molecule has 0 aliphatic heterocycles. The lowest BCUT2D eigenvalue weighted by Crippen LogP contribution is -2.28. The number of alkyl halides is 3. The Morgan fingerprint density at radius 2 is 2.00 bits per heavy atom. The van der Waals surface area contributed by atoms with Crippen molar-refractivity contribution in [1.82, 2.24) is 5.32 Å². The Labute approximate surface area is 120 Å². The van der Waals surface area contributed by atoms with E-state index in [2.05, 4.69) is 10.5 Å². The summed E-state index contributed by atoms with van der Waals surface area (Å²) >= 11 is 0. The Hall–Kier alpha value is -1.76. The Kier molecular flexibility index (Phi) is 4.41. The van der Waals surface area contributed by atoms with Gasteiger partial charge in [0.05, 0.1) is 5.56 Å². The average molecular weight is 301 g/mol. The van der Waals surface area contributed by atoms with Gasteiger partial charge >= 0.3 is 6.18 Å². The van der Waals surface area contributed by atoms with E-state index in [-0.39, 0.29) is 23.4 Å². The first-order valence-corrected chi connectivity index (χ1v) is 6.69. The molecule has 1 aliphatic carbocycles. The molecule has 0 radical (unpaired) electrons. The summed E-state index contributed by atoms with van der Waals surface area (Å²) < 4.78 is 38.6. The second kappa shape index (κ2) is 5.93. The summed E-state index contributed by atoms with van der Waals surface area (Å²) in [7, 11) is 0. The summed E-state index contributed by atoms with van der Waals surface area (Å²) in [6.07, 6.45) is -2.03. The van der Waals surface area contributed by atoms with Gasteiger partial charge < -0.3 is 16.3 Å². The summed E-state index contributed by atoms with van der Waals surface area (Å²) in [5.74, 6) is 0.157. The van der Waals surface area contributed by atoms with Crippen molar-refractivity contribution in [3.63, 3.8) is 0 Å². The summed E-state index contributed by atoms with van der Waals surface area (Å²) in [5.41, 5.74) is 5.02. The van der Waals surface area contributed by atoms with Gasteiger partial charge in [0.2, 0.25) is 0 Å². The highest BCUT2D eigenvalue weighted by atomic mass is 19.4. The molecule has 7 heteroatoms. The number of benzene rings is 1. The van der Waals surface area contributed by atoms with Gasteiger partial charge in [-0.15, -0.1) is 0 Å². The molecule has 0 bridgehead atoms. The number of nitrogens with one attached hydrogen (secondary N) is 1. The van der Waals surface area contributed by atoms with Crippen LogP contribution in [0.2, 0.25) is 0 Å². The van der Waals surface area contributed by atoms with E-state index in [4.69, 9.17) is 10.9 Å². The lowest BCUT2D eigenvalue weighted by atomic mass is 10.0. The minimum atomic E-state index is -4.34. The maximum Gasteiger partial charge on any atom is 0.416 e. The minimum absolute atomic E-state index is 0.0799. The van der Waals surface area contributed by atoms with Gasteiger partial charge in [-0.1, -0.05) is 23.4 Å². The molecule has 0 heterocycles. The van der Waals surface area contributed by atoms with Crippen LogP contribution in [0.1, 0.15) is 30.4 Å². The lowest BCUT2D eigenvalue weighted by molar-refractivity contribution is -0.138. The van der Waals surface area contributed by atoms with Crippen LogP contribution in [-0.2, 0) is 12.7 Å². The number of hydrogen-bond acceptors (Lipinski definition) is 3. The largest absolute Gasteiger partial charge is 0.416 e. The van der Waals surface area contributed by atoms with Crippen molar-refractivity contribution in [3.8, 4) is 0 Å². The highest BCUT2D eigenvalue weighted by molar-refractivity contribution is 5.80. The number of hydrogen-bond donors (Lipinski definition) is 3. The van der Waals surface area contributed by atoms with Crippen molar-refractivity contribution < 1.29 is 18.4 Å². The van der Waals surface area contributed by atoms with Crippen molar-refractivity contribution in [2.75, 3.05) is 6.54 Å². The third-order valence-electron chi connectivity index (χ3n) is 3.78. The van der Waals surface area contributed by atoms with Crippen molar-refractivity contribution in [2.24, 2.45) is 16.3 Å². The number of halogens is 3. The van der Waals surface area contributed by atoms with Gasteiger partial charge in [-0.3, -0.25) is 0 Å². The molecule has 0 unspecified atom stereocenters. The van der Waals surface area contributed by atoms with E-state index in [1.807, 2.05) is 0 Å². The number of nitrogens with zero attached hydrogens (tertiary/aromatic N) is 1. The highest BCUT2D eigenvalue weighted by Crippen LogP contribution is 2.48. The predicted molar refractivity (Wildman–Crippen MR) is 72.8 cm³/mol. The van der Waals surface area contributed by atoms with Gasteiger partial charge in [-0.25, -0.2) is 0 Å². The van der Waals surface area contributed by atoms with Crippen molar-refractivity contribution in [3.05, 3.63) is 35.4 Å². The van der Waals surface area contributed by atoms with Gasteiger partial charge in [0.25, 0.3) is 0 Å². The number of rotatable bonds is 6.